The van der Waals surface area contributed by atoms with Crippen LogP contribution in [0.3, 0.4) is 0 Å². The van der Waals surface area contributed by atoms with Crippen LogP contribution in [0.4, 0.5) is 4.79 Å². The summed E-state index contributed by atoms with van der Waals surface area (Å²) >= 11 is 1.00. The van der Waals surface area contributed by atoms with Gasteiger partial charge in [-0.25, -0.2) is 9.59 Å². The average molecular weight is 275 g/mol. The minimum absolute atomic E-state index is 0.141. The average Bonchev–Trinajstić information content (AvgIpc) is 2.73. The highest BCUT2D eigenvalue weighted by molar-refractivity contribution is 7.07. The van der Waals surface area contributed by atoms with E-state index in [0.717, 1.165) is 11.3 Å². The molecule has 0 spiro atoms. The van der Waals surface area contributed by atoms with Gasteiger partial charge in [-0.05, 0) is 0 Å². The van der Waals surface area contributed by atoms with Crippen molar-refractivity contribution < 1.29 is 19.4 Å². The lowest BCUT2D eigenvalue weighted by Gasteiger charge is -2.11. The van der Waals surface area contributed by atoms with Gasteiger partial charge in [-0.1, -0.05) is 11.3 Å². The molecule has 0 fully saturated rings. The molecule has 100 valence electrons. The van der Waals surface area contributed by atoms with E-state index >= 15 is 0 Å². The Morgan fingerprint density at radius 1 is 1.56 bits per heavy atom. The van der Waals surface area contributed by atoms with Crippen LogP contribution in [-0.4, -0.2) is 41.8 Å². The molecule has 1 unspecified atom stereocenters. The molecule has 1 aromatic rings. The van der Waals surface area contributed by atoms with Crippen molar-refractivity contribution in [2.45, 2.75) is 12.6 Å². The maximum absolute atomic E-state index is 11.3. The molecule has 2 amide bonds. The zero-order valence-electron chi connectivity index (χ0n) is 9.56. The van der Waals surface area contributed by atoms with E-state index in [0.29, 0.717) is 5.69 Å². The number of aromatic amines is 1. The summed E-state index contributed by atoms with van der Waals surface area (Å²) in [6.07, 6.45) is -1.09. The van der Waals surface area contributed by atoms with Gasteiger partial charge >= 0.3 is 16.9 Å². The van der Waals surface area contributed by atoms with Crippen molar-refractivity contribution in [2.24, 2.45) is 0 Å². The number of hydrogen-bond acceptors (Lipinski definition) is 5. The number of amides is 2. The summed E-state index contributed by atoms with van der Waals surface area (Å²) in [5, 5.41) is 15.1. The Labute approximate surface area is 106 Å². The third-order valence-electron chi connectivity index (χ3n) is 2.02. The van der Waals surface area contributed by atoms with Crippen molar-refractivity contribution in [1.29, 1.82) is 0 Å². The zero-order valence-corrected chi connectivity index (χ0v) is 10.4. The summed E-state index contributed by atoms with van der Waals surface area (Å²) in [6, 6.07) is -0.537. The fourth-order valence-corrected chi connectivity index (χ4v) is 1.68. The highest BCUT2D eigenvalue weighted by Crippen LogP contribution is 1.94. The second-order valence-corrected chi connectivity index (χ2v) is 4.14. The minimum Gasteiger partial charge on any atom is -0.479 e. The van der Waals surface area contributed by atoms with E-state index in [1.807, 2.05) is 0 Å². The Morgan fingerprint density at radius 3 is 2.78 bits per heavy atom. The van der Waals surface area contributed by atoms with Crippen molar-refractivity contribution in [3.8, 4) is 0 Å². The minimum atomic E-state index is -1.15. The number of carbonyl (C=O) groups is 2. The lowest BCUT2D eigenvalue weighted by Crippen LogP contribution is -2.42. The van der Waals surface area contributed by atoms with Crippen molar-refractivity contribution >= 4 is 23.3 Å². The van der Waals surface area contributed by atoms with E-state index in [4.69, 9.17) is 5.11 Å². The molecule has 0 aliphatic carbocycles. The normalized spacial score (nSPS) is 11.8. The third-order valence-corrected chi connectivity index (χ3v) is 2.74. The van der Waals surface area contributed by atoms with Crippen LogP contribution in [0.25, 0.3) is 0 Å². The number of ether oxygens (including phenoxy) is 1. The number of H-pyrrole nitrogens is 1. The fraction of sp³-hybridized carbons (Fsp3) is 0.444. The first kappa shape index (κ1) is 14.2. The van der Waals surface area contributed by atoms with Gasteiger partial charge in [-0.15, -0.1) is 0 Å². The summed E-state index contributed by atoms with van der Waals surface area (Å²) in [4.78, 5) is 35.0. The first-order chi connectivity index (χ1) is 8.52. The number of thiazole rings is 1. The molecule has 0 aliphatic rings. The topological polar surface area (TPSA) is 121 Å². The standard InChI is InChI=1S/C9H13N3O5S/c1-17-6(7(13)14)3-11-8(15)10-2-5-4-18-9(16)12-5/h4,6H,2-3H2,1H3,(H,12,16)(H,13,14)(H2,10,11,15). The van der Waals surface area contributed by atoms with E-state index in [2.05, 4.69) is 20.4 Å². The van der Waals surface area contributed by atoms with E-state index in [1.165, 1.54) is 7.11 Å². The van der Waals surface area contributed by atoms with Crippen LogP contribution in [0.1, 0.15) is 5.69 Å². The monoisotopic (exact) mass is 275 g/mol. The molecule has 1 aromatic heterocycles. The summed E-state index contributed by atoms with van der Waals surface area (Å²) in [5.74, 6) is -1.15. The summed E-state index contributed by atoms with van der Waals surface area (Å²) in [6.45, 7) is 0.0209. The van der Waals surface area contributed by atoms with E-state index in [1.54, 1.807) is 5.38 Å². The predicted octanol–water partition coefficient (Wildman–Crippen LogP) is -0.665. The van der Waals surface area contributed by atoms with Crippen LogP contribution in [-0.2, 0) is 16.1 Å². The van der Waals surface area contributed by atoms with Crippen LogP contribution in [0.2, 0.25) is 0 Å². The Balaban J connectivity index is 2.29. The van der Waals surface area contributed by atoms with Crippen molar-refractivity contribution in [3.63, 3.8) is 0 Å². The van der Waals surface area contributed by atoms with Crippen LogP contribution in [0, 0.1) is 0 Å². The number of carboxylic acid groups (broad SMARTS) is 1. The number of rotatable bonds is 6. The number of carbonyl (C=O) groups excluding carboxylic acids is 1. The van der Waals surface area contributed by atoms with Crippen molar-refractivity contribution in [2.75, 3.05) is 13.7 Å². The third kappa shape index (κ3) is 4.55. The number of aliphatic carboxylic acids is 1. The molecule has 0 aromatic carbocycles. The van der Waals surface area contributed by atoms with E-state index in [9.17, 15) is 14.4 Å². The molecule has 0 aliphatic heterocycles. The summed E-state index contributed by atoms with van der Waals surface area (Å²) < 4.78 is 4.64. The van der Waals surface area contributed by atoms with Gasteiger partial charge in [0.1, 0.15) is 0 Å². The van der Waals surface area contributed by atoms with Crippen molar-refractivity contribution in [1.82, 2.24) is 15.6 Å². The van der Waals surface area contributed by atoms with Gasteiger partial charge in [-0.3, -0.25) is 4.79 Å². The highest BCUT2D eigenvalue weighted by atomic mass is 32.1. The molecular weight excluding hydrogens is 262 g/mol. The van der Waals surface area contributed by atoms with Crippen LogP contribution < -0.4 is 15.5 Å². The molecule has 18 heavy (non-hydrogen) atoms. The Bertz CT molecular complexity index is 469. The van der Waals surface area contributed by atoms with Gasteiger partial charge in [0.05, 0.1) is 13.1 Å². The molecule has 4 N–H and O–H groups in total. The SMILES string of the molecule is COC(CNC(=O)NCc1csc(=O)[nH]1)C(=O)O. The maximum atomic E-state index is 11.3. The van der Waals surface area contributed by atoms with Gasteiger partial charge in [0.25, 0.3) is 0 Å². The largest absolute Gasteiger partial charge is 0.479 e. The molecular formula is C9H13N3O5S. The number of urea groups is 1. The smallest absolute Gasteiger partial charge is 0.334 e. The van der Waals surface area contributed by atoms with Crippen LogP contribution in [0.15, 0.2) is 10.2 Å². The Hall–Kier alpha value is -1.87. The molecule has 1 heterocycles. The first-order valence-corrected chi connectivity index (χ1v) is 5.85. The fourth-order valence-electron chi connectivity index (χ4n) is 1.10. The lowest BCUT2D eigenvalue weighted by atomic mass is 10.3. The number of hydrogen-bond donors (Lipinski definition) is 4. The van der Waals surface area contributed by atoms with Crippen LogP contribution >= 0.6 is 11.3 Å². The Kier molecular flexibility index (Phi) is 5.33. The molecule has 8 nitrogen and oxygen atoms in total. The van der Waals surface area contributed by atoms with Crippen LogP contribution in [0.5, 0.6) is 0 Å². The number of aromatic nitrogens is 1. The summed E-state index contributed by atoms with van der Waals surface area (Å²) in [5.41, 5.74) is 0.585. The second-order valence-electron chi connectivity index (χ2n) is 3.30. The lowest BCUT2D eigenvalue weighted by molar-refractivity contribution is -0.147. The maximum Gasteiger partial charge on any atom is 0.334 e. The molecule has 1 atom stereocenters. The molecule has 0 saturated heterocycles. The quantitative estimate of drug-likeness (QED) is 0.549. The molecule has 0 saturated carbocycles. The van der Waals surface area contributed by atoms with Gasteiger partial charge in [0, 0.05) is 18.2 Å². The summed E-state index contributed by atoms with van der Waals surface area (Å²) in [7, 11) is 1.24. The number of carboxylic acids is 1. The Morgan fingerprint density at radius 2 is 2.28 bits per heavy atom. The van der Waals surface area contributed by atoms with Gasteiger partial charge < -0.3 is 25.5 Å². The van der Waals surface area contributed by atoms with Crippen molar-refractivity contribution in [3.05, 3.63) is 20.7 Å². The molecule has 0 bridgehead atoms. The molecule has 9 heteroatoms. The highest BCUT2D eigenvalue weighted by Gasteiger charge is 2.16. The second kappa shape index (κ2) is 6.77. The van der Waals surface area contributed by atoms with Gasteiger partial charge in [0.2, 0.25) is 0 Å². The predicted molar refractivity (Wildman–Crippen MR) is 63.6 cm³/mol. The molecule has 1 rings (SSSR count). The van der Waals surface area contributed by atoms with Gasteiger partial charge in [-0.2, -0.15) is 0 Å². The first-order valence-electron chi connectivity index (χ1n) is 4.97. The molecule has 0 radical (unpaired) electrons. The van der Waals surface area contributed by atoms with E-state index in [-0.39, 0.29) is 18.0 Å². The number of nitrogens with one attached hydrogen (secondary N) is 3. The number of methoxy groups -OCH3 is 1. The zero-order chi connectivity index (χ0) is 13.5. The van der Waals surface area contributed by atoms with Gasteiger partial charge in [0.15, 0.2) is 6.10 Å². The van der Waals surface area contributed by atoms with E-state index < -0.39 is 18.1 Å².